The van der Waals surface area contributed by atoms with Crippen LogP contribution in [0.3, 0.4) is 0 Å². The predicted molar refractivity (Wildman–Crippen MR) is 45.3 cm³/mol. The van der Waals surface area contributed by atoms with Crippen LogP contribution < -0.4 is 5.73 Å². The highest BCUT2D eigenvalue weighted by Gasteiger charge is 2.26. The van der Waals surface area contributed by atoms with Crippen molar-refractivity contribution in [1.82, 2.24) is 4.98 Å². The lowest BCUT2D eigenvalue weighted by Gasteiger charge is -2.03. The van der Waals surface area contributed by atoms with E-state index in [0.717, 1.165) is 6.07 Å². The van der Waals surface area contributed by atoms with Gasteiger partial charge in [-0.05, 0) is 6.07 Å². The van der Waals surface area contributed by atoms with E-state index in [1.807, 2.05) is 0 Å². The van der Waals surface area contributed by atoms with Gasteiger partial charge in [-0.3, -0.25) is 10.1 Å². The number of halogens is 3. The number of anilines is 1. The van der Waals surface area contributed by atoms with Gasteiger partial charge < -0.3 is 5.73 Å². The van der Waals surface area contributed by atoms with Crippen molar-refractivity contribution >= 4 is 23.1 Å². The average Bonchev–Trinajstić information content (AvgIpc) is 2.01. The molecule has 1 aromatic heterocycles. The highest BCUT2D eigenvalue weighted by atomic mass is 35.5. The van der Waals surface area contributed by atoms with Crippen LogP contribution in [0, 0.1) is 10.1 Å². The fourth-order valence-electron chi connectivity index (χ4n) is 0.910. The first-order valence-corrected chi connectivity index (χ1v) is 3.69. The first-order valence-electron chi connectivity index (χ1n) is 3.32. The molecule has 76 valence electrons. The fraction of sp³-hybridized carbons (Fsp3) is 0.167. The Hall–Kier alpha value is -1.50. The van der Waals surface area contributed by atoms with Crippen LogP contribution in [-0.2, 0) is 0 Å². The van der Waals surface area contributed by atoms with Crippen LogP contribution in [0.5, 0.6) is 0 Å². The minimum absolute atomic E-state index is 0.302. The van der Waals surface area contributed by atoms with E-state index in [9.17, 15) is 18.9 Å². The number of hydrogen-bond donors (Lipinski definition) is 1. The molecule has 1 rings (SSSR count). The van der Waals surface area contributed by atoms with Gasteiger partial charge in [0.2, 0.25) is 5.82 Å². The van der Waals surface area contributed by atoms with Crippen LogP contribution in [0.1, 0.15) is 12.0 Å². The summed E-state index contributed by atoms with van der Waals surface area (Å²) in [6.07, 6.45) is -3.02. The van der Waals surface area contributed by atoms with Gasteiger partial charge in [-0.15, -0.1) is 0 Å². The maximum atomic E-state index is 12.3. The second-order valence-corrected chi connectivity index (χ2v) is 2.71. The number of pyridine rings is 1. The molecule has 5 nitrogen and oxygen atoms in total. The Kier molecular flexibility index (Phi) is 2.80. The predicted octanol–water partition coefficient (Wildman–Crippen LogP) is 2.16. The molecule has 1 aromatic rings. The van der Waals surface area contributed by atoms with Gasteiger partial charge >= 0.3 is 5.69 Å². The van der Waals surface area contributed by atoms with Crippen molar-refractivity contribution in [2.45, 2.75) is 6.43 Å². The number of hydrogen-bond acceptors (Lipinski definition) is 4. The molecule has 0 unspecified atom stereocenters. The number of alkyl halides is 2. The number of nitro groups is 1. The molecular weight excluding hydrogens is 220 g/mol. The molecule has 0 radical (unpaired) electrons. The molecule has 0 fully saturated rings. The Morgan fingerprint density at radius 1 is 1.64 bits per heavy atom. The van der Waals surface area contributed by atoms with Gasteiger partial charge in [-0.2, -0.15) is 0 Å². The Labute approximate surface area is 81.6 Å². The summed E-state index contributed by atoms with van der Waals surface area (Å²) in [4.78, 5) is 12.7. The van der Waals surface area contributed by atoms with Gasteiger partial charge in [0, 0.05) is 0 Å². The topological polar surface area (TPSA) is 82.0 Å². The third-order valence-corrected chi connectivity index (χ3v) is 1.63. The molecule has 0 atom stereocenters. The first kappa shape index (κ1) is 10.6. The van der Waals surface area contributed by atoms with E-state index in [2.05, 4.69) is 4.98 Å². The molecular formula is C6H4ClF2N3O2. The summed E-state index contributed by atoms with van der Waals surface area (Å²) < 4.78 is 24.6. The van der Waals surface area contributed by atoms with Crippen molar-refractivity contribution < 1.29 is 13.7 Å². The summed E-state index contributed by atoms with van der Waals surface area (Å²) in [7, 11) is 0. The van der Waals surface area contributed by atoms with E-state index in [0.29, 0.717) is 0 Å². The second-order valence-electron chi connectivity index (χ2n) is 2.33. The summed E-state index contributed by atoms with van der Waals surface area (Å²) in [5.74, 6) is -0.613. The molecule has 8 heteroatoms. The third-order valence-electron chi connectivity index (χ3n) is 1.44. The van der Waals surface area contributed by atoms with E-state index >= 15 is 0 Å². The van der Waals surface area contributed by atoms with E-state index in [1.165, 1.54) is 0 Å². The van der Waals surface area contributed by atoms with Gasteiger partial charge in [-0.25, -0.2) is 13.8 Å². The quantitative estimate of drug-likeness (QED) is 0.473. The van der Waals surface area contributed by atoms with Crippen molar-refractivity contribution in [3.8, 4) is 0 Å². The van der Waals surface area contributed by atoms with E-state index in [4.69, 9.17) is 17.3 Å². The lowest BCUT2D eigenvalue weighted by molar-refractivity contribution is -0.385. The molecule has 0 amide bonds. The number of rotatable bonds is 2. The average molecular weight is 224 g/mol. The van der Waals surface area contributed by atoms with Gasteiger partial charge in [0.15, 0.2) is 0 Å². The van der Waals surface area contributed by atoms with Crippen LogP contribution in [-0.4, -0.2) is 9.91 Å². The number of nitrogens with two attached hydrogens (primary N) is 1. The van der Waals surface area contributed by atoms with E-state index < -0.39 is 28.4 Å². The Morgan fingerprint density at radius 3 is 2.64 bits per heavy atom. The molecule has 0 aromatic carbocycles. The Morgan fingerprint density at radius 2 is 2.21 bits per heavy atom. The van der Waals surface area contributed by atoms with Gasteiger partial charge in [0.1, 0.15) is 10.7 Å². The summed E-state index contributed by atoms with van der Waals surface area (Å²) >= 11 is 5.32. The van der Waals surface area contributed by atoms with Crippen LogP contribution in [0.15, 0.2) is 6.07 Å². The van der Waals surface area contributed by atoms with Crippen LogP contribution in [0.2, 0.25) is 5.15 Å². The number of aromatic nitrogens is 1. The molecule has 0 aliphatic heterocycles. The molecule has 0 saturated heterocycles. The van der Waals surface area contributed by atoms with Crippen LogP contribution >= 0.6 is 11.6 Å². The van der Waals surface area contributed by atoms with Gasteiger partial charge in [-0.1, -0.05) is 11.6 Å². The zero-order valence-corrected chi connectivity index (χ0v) is 7.33. The normalized spacial score (nSPS) is 10.6. The van der Waals surface area contributed by atoms with Crippen molar-refractivity contribution in [1.29, 1.82) is 0 Å². The van der Waals surface area contributed by atoms with Crippen molar-refractivity contribution in [2.24, 2.45) is 0 Å². The molecule has 14 heavy (non-hydrogen) atoms. The minimum atomic E-state index is -3.02. The smallest absolute Gasteiger partial charge is 0.320 e. The highest BCUT2D eigenvalue weighted by molar-refractivity contribution is 6.29. The largest absolute Gasteiger partial charge is 0.378 e. The summed E-state index contributed by atoms with van der Waals surface area (Å²) in [5.41, 5.74) is 3.37. The Bertz CT molecular complexity index is 386. The SMILES string of the molecule is Nc1nc(Cl)cc(C(F)F)c1[N+](=O)[O-]. The monoisotopic (exact) mass is 223 g/mol. The first-order chi connectivity index (χ1) is 6.43. The van der Waals surface area contributed by atoms with E-state index in [1.54, 1.807) is 0 Å². The molecule has 0 bridgehead atoms. The zero-order chi connectivity index (χ0) is 10.9. The lowest BCUT2D eigenvalue weighted by atomic mass is 10.2. The summed E-state index contributed by atoms with van der Waals surface area (Å²) in [6, 6.07) is 0.723. The second kappa shape index (κ2) is 3.70. The van der Waals surface area contributed by atoms with Crippen molar-refractivity contribution in [3.05, 3.63) is 26.9 Å². The maximum absolute atomic E-state index is 12.3. The lowest BCUT2D eigenvalue weighted by Crippen LogP contribution is -2.03. The van der Waals surface area contributed by atoms with Crippen molar-refractivity contribution in [3.63, 3.8) is 0 Å². The fourth-order valence-corrected chi connectivity index (χ4v) is 1.12. The standard InChI is InChI=1S/C6H4ClF2N3O2/c7-3-1-2(5(8)9)4(12(13)14)6(10)11-3/h1,5H,(H2,10,11). The summed E-state index contributed by atoms with van der Waals surface area (Å²) in [5, 5.41) is 10.1. The zero-order valence-electron chi connectivity index (χ0n) is 6.58. The Balaban J connectivity index is 3.44. The number of nitrogen functional groups attached to an aromatic ring is 1. The summed E-state index contributed by atoms with van der Waals surface area (Å²) in [6.45, 7) is 0. The molecule has 2 N–H and O–H groups in total. The van der Waals surface area contributed by atoms with Crippen LogP contribution in [0.25, 0.3) is 0 Å². The minimum Gasteiger partial charge on any atom is -0.378 e. The molecule has 0 spiro atoms. The van der Waals surface area contributed by atoms with Gasteiger partial charge in [0.05, 0.1) is 4.92 Å². The van der Waals surface area contributed by atoms with E-state index in [-0.39, 0.29) is 5.15 Å². The van der Waals surface area contributed by atoms with Gasteiger partial charge in [0.25, 0.3) is 6.43 Å². The molecule has 0 saturated carbocycles. The highest BCUT2D eigenvalue weighted by Crippen LogP contribution is 2.34. The van der Waals surface area contributed by atoms with Crippen molar-refractivity contribution in [2.75, 3.05) is 5.73 Å². The molecule has 0 aliphatic carbocycles. The van der Waals surface area contributed by atoms with Crippen LogP contribution in [0.4, 0.5) is 20.3 Å². The third kappa shape index (κ3) is 1.87. The number of nitrogens with zero attached hydrogens (tertiary/aromatic N) is 2. The molecule has 1 heterocycles. The molecule has 0 aliphatic rings. The maximum Gasteiger partial charge on any atom is 0.320 e.